The van der Waals surface area contributed by atoms with E-state index >= 15 is 0 Å². The summed E-state index contributed by atoms with van der Waals surface area (Å²) in [5.74, 6) is 0.804. The van der Waals surface area contributed by atoms with Crippen molar-refractivity contribution in [1.29, 1.82) is 0 Å². The van der Waals surface area contributed by atoms with Crippen LogP contribution in [-0.4, -0.2) is 17.6 Å². The third-order valence-electron chi connectivity index (χ3n) is 1.56. The maximum absolute atomic E-state index is 6.90. The Kier molecular flexibility index (Phi) is 9.48. The van der Waals surface area contributed by atoms with Crippen LogP contribution in [0.3, 0.4) is 0 Å². The zero-order valence-corrected chi connectivity index (χ0v) is 7.29. The number of rotatable bonds is 7. The molecule has 0 saturated carbocycles. The quantitative estimate of drug-likeness (QED) is 0.314. The van der Waals surface area contributed by atoms with Crippen LogP contribution in [0.1, 0.15) is 38.5 Å². The Labute approximate surface area is 68.4 Å². The van der Waals surface area contributed by atoms with Gasteiger partial charge in [-0.1, -0.05) is 19.3 Å². The predicted molar refractivity (Wildman–Crippen MR) is 46.9 cm³/mol. The highest BCUT2D eigenvalue weighted by Crippen LogP contribution is 2.05. The molecule has 0 radical (unpaired) electrons. The smallest absolute Gasteiger partial charge is 0.143 e. The molecule has 0 unspecified atom stereocenters. The van der Waals surface area contributed by atoms with Crippen molar-refractivity contribution < 1.29 is 5.11 Å². The van der Waals surface area contributed by atoms with Gasteiger partial charge in [-0.25, -0.2) is 0 Å². The largest absolute Gasteiger partial charge is 0.445 e. The first-order valence-electron chi connectivity index (χ1n) is 4.12. The fourth-order valence-corrected chi connectivity index (χ4v) is 1.12. The van der Waals surface area contributed by atoms with Crippen molar-refractivity contribution in [1.82, 2.24) is 0 Å². The maximum atomic E-state index is 6.90. The summed E-state index contributed by atoms with van der Waals surface area (Å²) in [6.45, 7) is 0.593. The number of hydrogen-bond acceptors (Lipinski definition) is 0. The van der Waals surface area contributed by atoms with Crippen LogP contribution in [0.25, 0.3) is 0 Å². The second-order valence-electron chi connectivity index (χ2n) is 2.56. The van der Waals surface area contributed by atoms with Gasteiger partial charge in [0.15, 0.2) is 0 Å². The second kappa shape index (κ2) is 9.25. The van der Waals surface area contributed by atoms with Crippen molar-refractivity contribution in [3.63, 3.8) is 0 Å². The molecule has 0 atom stereocenters. The van der Waals surface area contributed by atoms with E-state index in [1.165, 1.54) is 25.7 Å². The molecule has 0 aromatic heterocycles. The number of alkyl halides is 1. The minimum absolute atomic E-state index is 0.593. The van der Waals surface area contributed by atoms with Crippen LogP contribution in [0.15, 0.2) is 0 Å². The molecule has 0 bridgehead atoms. The standard InChI is InChI=1S/C8H17ClO/c9-7-5-3-1-2-4-6-8-10/h10H,1-8H2/p+1. The highest BCUT2D eigenvalue weighted by molar-refractivity contribution is 6.17. The summed E-state index contributed by atoms with van der Waals surface area (Å²) in [5.41, 5.74) is 0. The SMILES string of the molecule is [OH2+]CCCCCCCCCl. The van der Waals surface area contributed by atoms with Gasteiger partial charge in [-0.2, -0.15) is 0 Å². The van der Waals surface area contributed by atoms with Crippen LogP contribution >= 0.6 is 11.6 Å². The molecule has 0 aliphatic rings. The van der Waals surface area contributed by atoms with Gasteiger partial charge in [-0.3, -0.25) is 0 Å². The Morgan fingerprint density at radius 1 is 0.800 bits per heavy atom. The van der Waals surface area contributed by atoms with Gasteiger partial charge in [-0.15, -0.1) is 11.6 Å². The van der Waals surface area contributed by atoms with E-state index in [2.05, 4.69) is 0 Å². The molecule has 0 rings (SSSR count). The Hall–Kier alpha value is 0.250. The van der Waals surface area contributed by atoms with Gasteiger partial charge in [0, 0.05) is 12.3 Å². The molecule has 0 spiro atoms. The average Bonchev–Trinajstić information content (AvgIpc) is 1.97. The monoisotopic (exact) mass is 165 g/mol. The Balaban J connectivity index is 2.65. The third kappa shape index (κ3) is 8.25. The molecule has 2 N–H and O–H groups in total. The van der Waals surface area contributed by atoms with E-state index < -0.39 is 0 Å². The van der Waals surface area contributed by atoms with E-state index in [1.807, 2.05) is 0 Å². The van der Waals surface area contributed by atoms with E-state index in [-0.39, 0.29) is 0 Å². The molecule has 0 amide bonds. The van der Waals surface area contributed by atoms with Crippen LogP contribution in [0.5, 0.6) is 0 Å². The van der Waals surface area contributed by atoms with Crippen LogP contribution < -0.4 is 0 Å². The molecular weight excluding hydrogens is 148 g/mol. The molecule has 62 valence electrons. The van der Waals surface area contributed by atoms with E-state index in [0.717, 1.165) is 18.7 Å². The van der Waals surface area contributed by atoms with Gasteiger partial charge >= 0.3 is 0 Å². The van der Waals surface area contributed by atoms with E-state index in [1.54, 1.807) is 0 Å². The summed E-state index contributed by atoms with van der Waals surface area (Å²) in [4.78, 5) is 0. The van der Waals surface area contributed by atoms with Crippen molar-refractivity contribution in [2.24, 2.45) is 0 Å². The molecule has 0 aliphatic heterocycles. The van der Waals surface area contributed by atoms with Crippen molar-refractivity contribution in [2.75, 3.05) is 12.5 Å². The van der Waals surface area contributed by atoms with Gasteiger partial charge in [0.2, 0.25) is 0 Å². The first-order chi connectivity index (χ1) is 4.91. The van der Waals surface area contributed by atoms with Gasteiger partial charge in [0.1, 0.15) is 6.61 Å². The van der Waals surface area contributed by atoms with Crippen molar-refractivity contribution >= 4 is 11.6 Å². The number of halogens is 1. The molecule has 0 fully saturated rings. The average molecular weight is 166 g/mol. The van der Waals surface area contributed by atoms with Crippen LogP contribution in [0, 0.1) is 0 Å². The second-order valence-corrected chi connectivity index (χ2v) is 2.94. The summed E-state index contributed by atoms with van der Waals surface area (Å²) < 4.78 is 0. The summed E-state index contributed by atoms with van der Waals surface area (Å²) in [7, 11) is 0. The fraction of sp³-hybridized carbons (Fsp3) is 1.00. The summed E-state index contributed by atoms with van der Waals surface area (Å²) in [6, 6.07) is 0. The fourth-order valence-electron chi connectivity index (χ4n) is 0.927. The Bertz CT molecular complexity index is 49.2. The minimum Gasteiger partial charge on any atom is -0.445 e. The molecule has 0 saturated heterocycles. The zero-order valence-electron chi connectivity index (χ0n) is 6.53. The molecule has 1 nitrogen and oxygen atoms in total. The topological polar surface area (TPSA) is 22.9 Å². The number of unbranched alkanes of at least 4 members (excludes halogenated alkanes) is 5. The minimum atomic E-state index is 0.593. The first kappa shape index (κ1) is 10.2. The van der Waals surface area contributed by atoms with Crippen molar-refractivity contribution in [3.05, 3.63) is 0 Å². The van der Waals surface area contributed by atoms with E-state index in [0.29, 0.717) is 6.61 Å². The third-order valence-corrected chi connectivity index (χ3v) is 1.83. The lowest BCUT2D eigenvalue weighted by molar-refractivity contribution is 0.282. The molecule has 0 aromatic rings. The Morgan fingerprint density at radius 3 is 1.80 bits per heavy atom. The first-order valence-corrected chi connectivity index (χ1v) is 4.66. The zero-order chi connectivity index (χ0) is 7.66. The lowest BCUT2D eigenvalue weighted by Gasteiger charge is -1.96. The van der Waals surface area contributed by atoms with Gasteiger partial charge in [0.05, 0.1) is 0 Å². The van der Waals surface area contributed by atoms with Crippen LogP contribution in [0.4, 0.5) is 0 Å². The van der Waals surface area contributed by atoms with Crippen molar-refractivity contribution in [3.8, 4) is 0 Å². The molecule has 0 aromatic carbocycles. The lowest BCUT2D eigenvalue weighted by atomic mass is 10.1. The highest BCUT2D eigenvalue weighted by Gasteiger charge is 1.89. The van der Waals surface area contributed by atoms with E-state index in [9.17, 15) is 0 Å². The van der Waals surface area contributed by atoms with Gasteiger partial charge in [-0.05, 0) is 12.8 Å². The maximum Gasteiger partial charge on any atom is 0.143 e. The van der Waals surface area contributed by atoms with E-state index in [4.69, 9.17) is 16.7 Å². The highest BCUT2D eigenvalue weighted by atomic mass is 35.5. The molecular formula is C8H18ClO+. The van der Waals surface area contributed by atoms with Crippen LogP contribution in [0.2, 0.25) is 0 Å². The summed E-state index contributed by atoms with van der Waals surface area (Å²) >= 11 is 5.51. The predicted octanol–water partition coefficient (Wildman–Crippen LogP) is 2.29. The Morgan fingerprint density at radius 2 is 1.30 bits per heavy atom. The molecule has 2 heteroatoms. The summed E-state index contributed by atoms with van der Waals surface area (Å²) in [5, 5.41) is 6.90. The summed E-state index contributed by atoms with van der Waals surface area (Å²) in [6.07, 6.45) is 7.30. The molecule has 0 aliphatic carbocycles. The number of hydrogen-bond donors (Lipinski definition) is 0. The van der Waals surface area contributed by atoms with Gasteiger partial charge in [0.25, 0.3) is 0 Å². The van der Waals surface area contributed by atoms with Crippen molar-refractivity contribution in [2.45, 2.75) is 38.5 Å². The molecule has 10 heavy (non-hydrogen) atoms. The van der Waals surface area contributed by atoms with Crippen LogP contribution in [-0.2, 0) is 0 Å². The molecule has 0 heterocycles. The van der Waals surface area contributed by atoms with Gasteiger partial charge < -0.3 is 5.11 Å². The normalized spacial score (nSPS) is 10.2. The lowest BCUT2D eigenvalue weighted by Crippen LogP contribution is -1.83.